The molecule has 2 N–H and O–H groups in total. The van der Waals surface area contributed by atoms with Gasteiger partial charge < -0.3 is 5.73 Å². The summed E-state index contributed by atoms with van der Waals surface area (Å²) in [5, 5.41) is 0. The van der Waals surface area contributed by atoms with E-state index in [1.54, 1.807) is 0 Å². The van der Waals surface area contributed by atoms with Gasteiger partial charge in [-0.1, -0.05) is 39.5 Å². The first kappa shape index (κ1) is 15.3. The molecule has 112 valence electrons. The van der Waals surface area contributed by atoms with E-state index in [0.29, 0.717) is 5.54 Å². The Morgan fingerprint density at radius 2 is 1.84 bits per heavy atom. The average Bonchev–Trinajstić information content (AvgIpc) is 2.91. The average molecular weight is 266 g/mol. The number of hydrogen-bond donors (Lipinski definition) is 1. The number of rotatable bonds is 5. The van der Waals surface area contributed by atoms with Crippen LogP contribution < -0.4 is 5.73 Å². The molecule has 2 aliphatic rings. The smallest absolute Gasteiger partial charge is 0.0334 e. The van der Waals surface area contributed by atoms with Gasteiger partial charge in [0.05, 0.1) is 0 Å². The molecule has 0 saturated heterocycles. The minimum atomic E-state index is 0.312. The lowest BCUT2D eigenvalue weighted by atomic mass is 9.72. The van der Waals surface area contributed by atoms with Crippen molar-refractivity contribution in [2.24, 2.45) is 17.6 Å². The van der Waals surface area contributed by atoms with Gasteiger partial charge in [0.2, 0.25) is 0 Å². The zero-order valence-corrected chi connectivity index (χ0v) is 13.3. The maximum atomic E-state index is 6.26. The molecule has 19 heavy (non-hydrogen) atoms. The summed E-state index contributed by atoms with van der Waals surface area (Å²) in [6.07, 6.45) is 12.5. The van der Waals surface area contributed by atoms with E-state index in [9.17, 15) is 0 Å². The molecule has 0 radical (unpaired) electrons. The summed E-state index contributed by atoms with van der Waals surface area (Å²) in [5.74, 6) is 1.73. The molecule has 0 aliphatic heterocycles. The van der Waals surface area contributed by atoms with Crippen LogP contribution in [0.4, 0.5) is 0 Å². The van der Waals surface area contributed by atoms with Crippen molar-refractivity contribution < 1.29 is 0 Å². The summed E-state index contributed by atoms with van der Waals surface area (Å²) in [4.78, 5) is 2.70. The summed E-state index contributed by atoms with van der Waals surface area (Å²) in [7, 11) is 2.36. The molecule has 2 aliphatic carbocycles. The van der Waals surface area contributed by atoms with Gasteiger partial charge in [-0.2, -0.15) is 0 Å². The zero-order chi connectivity index (χ0) is 13.9. The van der Waals surface area contributed by atoms with Crippen LogP contribution in [0.5, 0.6) is 0 Å². The lowest BCUT2D eigenvalue weighted by Crippen LogP contribution is -2.57. The highest BCUT2D eigenvalue weighted by atomic mass is 15.2. The third-order valence-electron chi connectivity index (χ3n) is 5.73. The molecule has 2 nitrogen and oxygen atoms in total. The van der Waals surface area contributed by atoms with Crippen molar-refractivity contribution in [3.63, 3.8) is 0 Å². The Balaban J connectivity index is 2.03. The van der Waals surface area contributed by atoms with Gasteiger partial charge >= 0.3 is 0 Å². The molecule has 2 unspecified atom stereocenters. The van der Waals surface area contributed by atoms with Gasteiger partial charge in [-0.15, -0.1) is 0 Å². The Bertz CT molecular complexity index is 270. The maximum Gasteiger partial charge on any atom is 0.0334 e. The van der Waals surface area contributed by atoms with Gasteiger partial charge in [0.25, 0.3) is 0 Å². The highest BCUT2D eigenvalue weighted by molar-refractivity contribution is 4.98. The monoisotopic (exact) mass is 266 g/mol. The van der Waals surface area contributed by atoms with E-state index < -0.39 is 0 Å². The summed E-state index contributed by atoms with van der Waals surface area (Å²) in [5.41, 5.74) is 6.57. The number of nitrogens with two attached hydrogens (primary N) is 1. The van der Waals surface area contributed by atoms with Crippen molar-refractivity contribution in [3.8, 4) is 0 Å². The second kappa shape index (κ2) is 6.58. The second-order valence-electron chi connectivity index (χ2n) is 7.57. The van der Waals surface area contributed by atoms with E-state index in [1.165, 1.54) is 57.8 Å². The minimum absolute atomic E-state index is 0.312. The molecule has 2 rings (SSSR count). The van der Waals surface area contributed by atoms with Crippen molar-refractivity contribution in [2.75, 3.05) is 13.6 Å². The molecular formula is C17H34N2. The molecule has 2 fully saturated rings. The molecule has 0 bridgehead atoms. The van der Waals surface area contributed by atoms with Gasteiger partial charge in [-0.3, -0.25) is 4.90 Å². The van der Waals surface area contributed by atoms with E-state index >= 15 is 0 Å². The minimum Gasteiger partial charge on any atom is -0.329 e. The van der Waals surface area contributed by atoms with Crippen LogP contribution in [0.3, 0.4) is 0 Å². The molecule has 2 saturated carbocycles. The van der Waals surface area contributed by atoms with E-state index in [2.05, 4.69) is 25.8 Å². The second-order valence-corrected chi connectivity index (χ2v) is 7.57. The Morgan fingerprint density at radius 3 is 2.42 bits per heavy atom. The Hall–Kier alpha value is -0.0800. The van der Waals surface area contributed by atoms with E-state index in [1.807, 2.05) is 0 Å². The summed E-state index contributed by atoms with van der Waals surface area (Å²) in [6.45, 7) is 5.58. The van der Waals surface area contributed by atoms with Crippen LogP contribution in [0.2, 0.25) is 0 Å². The van der Waals surface area contributed by atoms with Gasteiger partial charge in [-0.05, 0) is 51.0 Å². The van der Waals surface area contributed by atoms with Crippen molar-refractivity contribution in [1.82, 2.24) is 4.90 Å². The first-order valence-electron chi connectivity index (χ1n) is 8.50. The SMILES string of the molecule is CC(C)CC1CCCC(CN)(N(C)C2CCCC2)C1. The highest BCUT2D eigenvalue weighted by Crippen LogP contribution is 2.41. The van der Waals surface area contributed by atoms with Crippen molar-refractivity contribution in [3.05, 3.63) is 0 Å². The van der Waals surface area contributed by atoms with Crippen LogP contribution in [0.25, 0.3) is 0 Å². The Morgan fingerprint density at radius 1 is 1.16 bits per heavy atom. The van der Waals surface area contributed by atoms with E-state index in [4.69, 9.17) is 5.73 Å². The van der Waals surface area contributed by atoms with Gasteiger partial charge in [-0.25, -0.2) is 0 Å². The lowest BCUT2D eigenvalue weighted by molar-refractivity contribution is 0.0217. The molecule has 0 heterocycles. The summed E-state index contributed by atoms with van der Waals surface area (Å²) in [6, 6.07) is 0.807. The first-order valence-corrected chi connectivity index (χ1v) is 8.50. The highest BCUT2D eigenvalue weighted by Gasteiger charge is 2.41. The standard InChI is InChI=1S/C17H34N2/c1-14(2)11-15-7-6-10-17(12-15,13-18)19(3)16-8-4-5-9-16/h14-16H,4-13,18H2,1-3H3. The van der Waals surface area contributed by atoms with Gasteiger partial charge in [0, 0.05) is 18.1 Å². The molecule has 0 aromatic rings. The molecular weight excluding hydrogens is 232 g/mol. The fourth-order valence-electron chi connectivity index (χ4n) is 4.66. The largest absolute Gasteiger partial charge is 0.329 e. The molecule has 2 heteroatoms. The van der Waals surface area contributed by atoms with E-state index in [-0.39, 0.29) is 0 Å². The predicted molar refractivity (Wildman–Crippen MR) is 83.2 cm³/mol. The molecule has 0 amide bonds. The predicted octanol–water partition coefficient (Wildman–Crippen LogP) is 3.79. The van der Waals surface area contributed by atoms with Crippen LogP contribution in [0.15, 0.2) is 0 Å². The Labute approximate surface area is 120 Å². The zero-order valence-electron chi connectivity index (χ0n) is 13.3. The maximum absolute atomic E-state index is 6.26. The summed E-state index contributed by atoms with van der Waals surface area (Å²) < 4.78 is 0. The van der Waals surface area contributed by atoms with Crippen molar-refractivity contribution >= 4 is 0 Å². The molecule has 0 aromatic carbocycles. The molecule has 2 atom stereocenters. The summed E-state index contributed by atoms with van der Waals surface area (Å²) >= 11 is 0. The molecule has 0 spiro atoms. The van der Waals surface area contributed by atoms with Crippen LogP contribution in [0, 0.1) is 11.8 Å². The van der Waals surface area contributed by atoms with E-state index in [0.717, 1.165) is 24.4 Å². The topological polar surface area (TPSA) is 29.3 Å². The van der Waals surface area contributed by atoms with Gasteiger partial charge in [0.1, 0.15) is 0 Å². The normalized spacial score (nSPS) is 33.5. The van der Waals surface area contributed by atoms with Crippen LogP contribution in [0.1, 0.15) is 71.6 Å². The van der Waals surface area contributed by atoms with Crippen molar-refractivity contribution in [1.29, 1.82) is 0 Å². The van der Waals surface area contributed by atoms with Crippen LogP contribution >= 0.6 is 0 Å². The number of nitrogens with zero attached hydrogens (tertiary/aromatic N) is 1. The number of hydrogen-bond acceptors (Lipinski definition) is 2. The third kappa shape index (κ3) is 3.52. The quantitative estimate of drug-likeness (QED) is 0.820. The lowest BCUT2D eigenvalue weighted by Gasteiger charge is -2.49. The van der Waals surface area contributed by atoms with Crippen molar-refractivity contribution in [2.45, 2.75) is 83.2 Å². The fourth-order valence-corrected chi connectivity index (χ4v) is 4.66. The molecule has 0 aromatic heterocycles. The first-order chi connectivity index (χ1) is 9.07. The van der Waals surface area contributed by atoms with Crippen LogP contribution in [-0.4, -0.2) is 30.1 Å². The van der Waals surface area contributed by atoms with Crippen LogP contribution in [-0.2, 0) is 0 Å². The number of likely N-dealkylation sites (N-methyl/N-ethyl adjacent to an activating group) is 1. The third-order valence-corrected chi connectivity index (χ3v) is 5.73. The fraction of sp³-hybridized carbons (Fsp3) is 1.00. The Kier molecular flexibility index (Phi) is 5.30. The van der Waals surface area contributed by atoms with Gasteiger partial charge in [0.15, 0.2) is 0 Å².